The van der Waals surface area contributed by atoms with Gasteiger partial charge in [-0.1, -0.05) is 146 Å². The van der Waals surface area contributed by atoms with Gasteiger partial charge >= 0.3 is 0 Å². The maximum Gasteiger partial charge on any atom is 0.165 e. The summed E-state index contributed by atoms with van der Waals surface area (Å²) in [7, 11) is 0. The quantitative estimate of drug-likeness (QED) is 0.177. The highest BCUT2D eigenvalue weighted by molar-refractivity contribution is 6.33. The Morgan fingerprint density at radius 1 is 0.385 bits per heavy atom. The molecule has 0 N–H and O–H groups in total. The van der Waals surface area contributed by atoms with E-state index in [2.05, 4.69) is 179 Å². The molecule has 0 radical (unpaired) electrons. The minimum atomic E-state index is 0.818. The molecule has 0 spiro atoms. The number of nitrogens with zero attached hydrogens (tertiary/aromatic N) is 4. The first-order valence-corrected chi connectivity index (χ1v) is 17.8. The van der Waals surface area contributed by atoms with Gasteiger partial charge in [0.2, 0.25) is 0 Å². The molecule has 0 bridgehead atoms. The molecule has 240 valence electrons. The van der Waals surface area contributed by atoms with Crippen LogP contribution in [-0.2, 0) is 0 Å². The lowest BCUT2D eigenvalue weighted by Crippen LogP contribution is -2.05. The minimum Gasteiger partial charge on any atom is -0.308 e. The lowest BCUT2D eigenvalue weighted by atomic mass is 9.97. The fourth-order valence-corrected chi connectivity index (χ4v) is 8.86. The fourth-order valence-electron chi connectivity index (χ4n) is 8.86. The van der Waals surface area contributed by atoms with Crippen molar-refractivity contribution in [2.24, 2.45) is 0 Å². The highest BCUT2D eigenvalue weighted by Crippen LogP contribution is 2.47. The molecule has 12 rings (SSSR count). The molecular formula is C48H28N4. The summed E-state index contributed by atoms with van der Waals surface area (Å²) in [6.07, 6.45) is 0. The van der Waals surface area contributed by atoms with Crippen molar-refractivity contribution in [2.75, 3.05) is 0 Å². The summed E-state index contributed by atoms with van der Waals surface area (Å²) in [6, 6.07) is 61.0. The van der Waals surface area contributed by atoms with Gasteiger partial charge in [0.1, 0.15) is 5.69 Å². The van der Waals surface area contributed by atoms with Crippen LogP contribution in [0.25, 0.3) is 110 Å². The molecule has 0 aliphatic carbocycles. The van der Waals surface area contributed by atoms with Gasteiger partial charge < -0.3 is 4.40 Å². The third kappa shape index (κ3) is 3.60. The summed E-state index contributed by atoms with van der Waals surface area (Å²) in [5.74, 6) is 0.818. The van der Waals surface area contributed by atoms with E-state index in [0.29, 0.717) is 0 Å². The van der Waals surface area contributed by atoms with Gasteiger partial charge in [0, 0.05) is 43.4 Å². The van der Waals surface area contributed by atoms with E-state index in [0.717, 1.165) is 61.0 Å². The van der Waals surface area contributed by atoms with Gasteiger partial charge in [-0.05, 0) is 40.6 Å². The molecule has 4 aromatic heterocycles. The van der Waals surface area contributed by atoms with Crippen LogP contribution >= 0.6 is 0 Å². The van der Waals surface area contributed by atoms with Gasteiger partial charge in [-0.25, -0.2) is 9.97 Å². The second-order valence-electron chi connectivity index (χ2n) is 13.7. The van der Waals surface area contributed by atoms with Crippen LogP contribution < -0.4 is 0 Å². The topological polar surface area (TPSA) is 35.1 Å². The van der Waals surface area contributed by atoms with Crippen LogP contribution in [-0.4, -0.2) is 18.9 Å². The molecule has 0 saturated heterocycles. The average molecular weight is 661 g/mol. The summed E-state index contributed by atoms with van der Waals surface area (Å²) in [5.41, 5.74) is 11.8. The predicted molar refractivity (Wildman–Crippen MR) is 217 cm³/mol. The molecule has 52 heavy (non-hydrogen) atoms. The monoisotopic (exact) mass is 660 g/mol. The standard InChI is InChI=1S/C48H28N4/c1-3-13-29(14-4-1)33-26-27-35-37-21-11-20-36-34-19-9-10-22-39(34)51(46(36)37)40-23-12-24-41-43(40)42(35)47(33)52(41)48-44(31-16-5-2-6-17-31)49-38-28-25-30-15-7-8-18-32(30)45(38)50-48/h1-28H. The summed E-state index contributed by atoms with van der Waals surface area (Å²) in [5, 5.41) is 9.65. The third-order valence-electron chi connectivity index (χ3n) is 11.0. The van der Waals surface area contributed by atoms with Crippen LogP contribution in [0.4, 0.5) is 0 Å². The second kappa shape index (κ2) is 10.3. The molecule has 4 nitrogen and oxygen atoms in total. The molecule has 0 aliphatic heterocycles. The molecule has 0 fully saturated rings. The van der Waals surface area contributed by atoms with Crippen molar-refractivity contribution in [1.82, 2.24) is 18.9 Å². The van der Waals surface area contributed by atoms with Crippen molar-refractivity contribution in [3.8, 4) is 28.2 Å². The molecule has 0 atom stereocenters. The Hall–Kier alpha value is -7.04. The Balaban J connectivity index is 1.38. The van der Waals surface area contributed by atoms with E-state index < -0.39 is 0 Å². The summed E-state index contributed by atoms with van der Waals surface area (Å²) < 4.78 is 4.90. The van der Waals surface area contributed by atoms with Crippen molar-refractivity contribution in [2.45, 2.75) is 0 Å². The molecule has 0 saturated carbocycles. The van der Waals surface area contributed by atoms with Crippen LogP contribution in [0.5, 0.6) is 0 Å². The number of hydrogen-bond acceptors (Lipinski definition) is 2. The van der Waals surface area contributed by atoms with Crippen LogP contribution in [0, 0.1) is 0 Å². The summed E-state index contributed by atoms with van der Waals surface area (Å²) in [6.45, 7) is 0. The van der Waals surface area contributed by atoms with E-state index in [4.69, 9.17) is 9.97 Å². The molecule has 4 heterocycles. The Bertz CT molecular complexity index is 3390. The molecule has 0 amide bonds. The smallest absolute Gasteiger partial charge is 0.165 e. The van der Waals surface area contributed by atoms with Crippen molar-refractivity contribution < 1.29 is 0 Å². The molecule has 0 aliphatic rings. The Labute approximate surface area is 297 Å². The molecule has 4 heteroatoms. The lowest BCUT2D eigenvalue weighted by molar-refractivity contribution is 1.08. The van der Waals surface area contributed by atoms with Crippen molar-refractivity contribution in [1.29, 1.82) is 0 Å². The SMILES string of the molecule is c1ccc(-c2nc3ccc4ccccc4c3nc2-n2c3cccc4c3c3c(ccc(-c5ccccc5)c32)c2cccc3c5ccccc5n4c23)cc1. The Morgan fingerprint density at radius 3 is 1.88 bits per heavy atom. The lowest BCUT2D eigenvalue weighted by Gasteiger charge is -2.16. The zero-order valence-corrected chi connectivity index (χ0v) is 28.0. The average Bonchev–Trinajstić information content (AvgIpc) is 3.70. The maximum atomic E-state index is 5.68. The fraction of sp³-hybridized carbons (Fsp3) is 0. The van der Waals surface area contributed by atoms with E-state index >= 15 is 0 Å². The third-order valence-corrected chi connectivity index (χ3v) is 11.0. The van der Waals surface area contributed by atoms with Crippen molar-refractivity contribution in [3.63, 3.8) is 0 Å². The summed E-state index contributed by atoms with van der Waals surface area (Å²) in [4.78, 5) is 11.1. The van der Waals surface area contributed by atoms with Crippen LogP contribution in [0.3, 0.4) is 0 Å². The number of hydrogen-bond donors (Lipinski definition) is 0. The first-order valence-electron chi connectivity index (χ1n) is 17.8. The number of fused-ring (bicyclic) bond motifs is 8. The zero-order valence-electron chi connectivity index (χ0n) is 28.0. The first-order chi connectivity index (χ1) is 25.8. The highest BCUT2D eigenvalue weighted by atomic mass is 15.1. The Kier molecular flexibility index (Phi) is 5.47. The second-order valence-corrected chi connectivity index (χ2v) is 13.7. The number of benzene rings is 8. The van der Waals surface area contributed by atoms with E-state index in [1.807, 2.05) is 0 Å². The van der Waals surface area contributed by atoms with Gasteiger partial charge in [-0.2, -0.15) is 0 Å². The van der Waals surface area contributed by atoms with E-state index in [1.165, 1.54) is 48.9 Å². The molecular weight excluding hydrogens is 633 g/mol. The largest absolute Gasteiger partial charge is 0.308 e. The Morgan fingerprint density at radius 2 is 1.04 bits per heavy atom. The number of rotatable bonds is 3. The molecule has 8 aromatic carbocycles. The van der Waals surface area contributed by atoms with Crippen molar-refractivity contribution >= 4 is 81.7 Å². The van der Waals surface area contributed by atoms with Gasteiger partial charge in [-0.15, -0.1) is 0 Å². The van der Waals surface area contributed by atoms with Gasteiger partial charge in [-0.3, -0.25) is 4.57 Å². The first kappa shape index (κ1) is 27.7. The van der Waals surface area contributed by atoms with Crippen LogP contribution in [0.1, 0.15) is 0 Å². The van der Waals surface area contributed by atoms with Gasteiger partial charge in [0.05, 0.1) is 38.6 Å². The van der Waals surface area contributed by atoms with Gasteiger partial charge in [0.15, 0.2) is 5.82 Å². The molecule has 0 unspecified atom stereocenters. The maximum absolute atomic E-state index is 5.68. The van der Waals surface area contributed by atoms with E-state index in [1.54, 1.807) is 0 Å². The van der Waals surface area contributed by atoms with Crippen LogP contribution in [0.15, 0.2) is 170 Å². The van der Waals surface area contributed by atoms with Crippen LogP contribution in [0.2, 0.25) is 0 Å². The number of aromatic nitrogens is 4. The highest BCUT2D eigenvalue weighted by Gasteiger charge is 2.26. The van der Waals surface area contributed by atoms with Crippen molar-refractivity contribution in [3.05, 3.63) is 170 Å². The number of para-hydroxylation sites is 2. The zero-order chi connectivity index (χ0) is 33.9. The van der Waals surface area contributed by atoms with E-state index in [-0.39, 0.29) is 0 Å². The predicted octanol–water partition coefficient (Wildman–Crippen LogP) is 12.4. The summed E-state index contributed by atoms with van der Waals surface area (Å²) >= 11 is 0. The van der Waals surface area contributed by atoms with Gasteiger partial charge in [0.25, 0.3) is 0 Å². The normalized spacial score (nSPS) is 12.2. The molecule has 12 aromatic rings. The van der Waals surface area contributed by atoms with E-state index in [9.17, 15) is 0 Å². The minimum absolute atomic E-state index is 0.818.